The van der Waals surface area contributed by atoms with Crippen LogP contribution in [0, 0.1) is 11.8 Å². The normalized spacial score (nSPS) is 17.4. The lowest BCUT2D eigenvalue weighted by atomic mass is 9.90. The Morgan fingerprint density at radius 2 is 1.55 bits per heavy atom. The van der Waals surface area contributed by atoms with E-state index < -0.39 is 11.6 Å². The Morgan fingerprint density at radius 3 is 2.05 bits per heavy atom. The highest BCUT2D eigenvalue weighted by Crippen LogP contribution is 2.23. The van der Waals surface area contributed by atoms with Crippen LogP contribution in [0.1, 0.15) is 85.5 Å². The van der Waals surface area contributed by atoms with Crippen molar-refractivity contribution in [1.29, 1.82) is 0 Å². The Morgan fingerprint density at radius 1 is 1.05 bits per heavy atom. The smallest absolute Gasteiger partial charge is 0.303 e. The fourth-order valence-corrected chi connectivity index (χ4v) is 2.48. The van der Waals surface area contributed by atoms with Gasteiger partial charge in [-0.15, -0.1) is 0 Å². The highest BCUT2D eigenvalue weighted by molar-refractivity contribution is 5.66. The van der Waals surface area contributed by atoms with Crippen molar-refractivity contribution in [3.8, 4) is 0 Å². The molecule has 0 saturated heterocycles. The molecule has 3 atom stereocenters. The molecule has 0 bridgehead atoms. The third-order valence-corrected chi connectivity index (χ3v) is 4.42. The quantitative estimate of drug-likeness (QED) is 0.550. The number of hydrogen-bond acceptors (Lipinski definition) is 2. The Kier molecular flexibility index (Phi) is 9.91. The largest absolute Gasteiger partial charge is 0.481 e. The average Bonchev–Trinajstić information content (AvgIpc) is 2.36. The van der Waals surface area contributed by atoms with E-state index in [-0.39, 0.29) is 0 Å². The summed E-state index contributed by atoms with van der Waals surface area (Å²) in [4.78, 5) is 10.5. The van der Waals surface area contributed by atoms with Crippen molar-refractivity contribution in [2.45, 2.75) is 91.1 Å². The second-order valence-electron chi connectivity index (χ2n) is 6.82. The van der Waals surface area contributed by atoms with Crippen molar-refractivity contribution < 1.29 is 15.0 Å². The van der Waals surface area contributed by atoms with Crippen molar-refractivity contribution in [3.05, 3.63) is 0 Å². The number of carboxylic acid groups (broad SMARTS) is 1. The maximum absolute atomic E-state index is 10.5. The molecule has 0 amide bonds. The molecule has 0 spiro atoms. The fraction of sp³-hybridized carbons (Fsp3) is 0.941. The summed E-state index contributed by atoms with van der Waals surface area (Å²) in [5, 5.41) is 18.6. The highest BCUT2D eigenvalue weighted by Gasteiger charge is 2.17. The van der Waals surface area contributed by atoms with E-state index in [1.165, 1.54) is 19.3 Å². The van der Waals surface area contributed by atoms with Crippen LogP contribution < -0.4 is 0 Å². The second kappa shape index (κ2) is 10.2. The molecule has 0 aromatic heterocycles. The van der Waals surface area contributed by atoms with Gasteiger partial charge in [0, 0.05) is 6.42 Å². The molecule has 0 radical (unpaired) electrons. The highest BCUT2D eigenvalue weighted by atomic mass is 16.4. The lowest BCUT2D eigenvalue weighted by Gasteiger charge is -2.22. The van der Waals surface area contributed by atoms with Crippen molar-refractivity contribution in [3.63, 3.8) is 0 Å². The van der Waals surface area contributed by atoms with Gasteiger partial charge in [-0.2, -0.15) is 0 Å². The number of carboxylic acids is 1. The molecule has 0 heterocycles. The van der Waals surface area contributed by atoms with Gasteiger partial charge in [-0.05, 0) is 38.0 Å². The van der Waals surface area contributed by atoms with E-state index in [0.29, 0.717) is 18.3 Å². The first kappa shape index (κ1) is 19.4. The number of carbonyl (C=O) groups is 1. The Bertz CT molecular complexity index is 261. The number of aliphatic hydroxyl groups is 1. The van der Waals surface area contributed by atoms with Crippen LogP contribution in [0.4, 0.5) is 0 Å². The number of rotatable bonds is 12. The predicted octanol–water partition coefficient (Wildman–Crippen LogP) is 4.63. The molecule has 2 N–H and O–H groups in total. The van der Waals surface area contributed by atoms with Gasteiger partial charge in [0.15, 0.2) is 0 Å². The van der Waals surface area contributed by atoms with Crippen molar-refractivity contribution in [2.75, 3.05) is 0 Å². The topological polar surface area (TPSA) is 57.5 Å². The summed E-state index contributed by atoms with van der Waals surface area (Å²) < 4.78 is 0. The zero-order valence-electron chi connectivity index (χ0n) is 13.8. The predicted molar refractivity (Wildman–Crippen MR) is 83.8 cm³/mol. The molecular weight excluding hydrogens is 252 g/mol. The van der Waals surface area contributed by atoms with Crippen molar-refractivity contribution in [1.82, 2.24) is 0 Å². The van der Waals surface area contributed by atoms with Crippen LogP contribution in [0.25, 0.3) is 0 Å². The Hall–Kier alpha value is -0.570. The first-order valence-electron chi connectivity index (χ1n) is 8.21. The Labute approximate surface area is 124 Å². The molecule has 3 nitrogen and oxygen atoms in total. The molecular formula is C17H34O3. The van der Waals surface area contributed by atoms with E-state index in [1.807, 2.05) is 13.8 Å². The maximum Gasteiger partial charge on any atom is 0.303 e. The summed E-state index contributed by atoms with van der Waals surface area (Å²) in [6.07, 6.45) is 8.61. The summed E-state index contributed by atoms with van der Waals surface area (Å²) in [5.74, 6) is 0.529. The standard InChI is InChI=1S/C17H34O3/c1-5-17(4,20)13-7-10-14(2)8-6-9-15(3)11-12-16(18)19/h14-15,20H,5-13H2,1-4H3,(H,18,19). The minimum Gasteiger partial charge on any atom is -0.481 e. The molecule has 0 fully saturated rings. The molecule has 3 heteroatoms. The van der Waals surface area contributed by atoms with Crippen LogP contribution in [0.3, 0.4) is 0 Å². The van der Waals surface area contributed by atoms with Gasteiger partial charge in [-0.25, -0.2) is 0 Å². The molecule has 20 heavy (non-hydrogen) atoms. The van der Waals surface area contributed by atoms with Gasteiger partial charge in [0.1, 0.15) is 0 Å². The molecule has 0 aromatic carbocycles. The molecule has 3 unspecified atom stereocenters. The average molecular weight is 286 g/mol. The minimum atomic E-state index is -0.687. The van der Waals surface area contributed by atoms with Gasteiger partial charge in [0.05, 0.1) is 5.60 Å². The lowest BCUT2D eigenvalue weighted by Crippen LogP contribution is -2.22. The van der Waals surface area contributed by atoms with Gasteiger partial charge in [0.2, 0.25) is 0 Å². The minimum absolute atomic E-state index is 0.294. The summed E-state index contributed by atoms with van der Waals surface area (Å²) in [7, 11) is 0. The van der Waals surface area contributed by atoms with Crippen LogP contribution in [0.15, 0.2) is 0 Å². The first-order valence-corrected chi connectivity index (χ1v) is 8.21. The van der Waals surface area contributed by atoms with Gasteiger partial charge in [0.25, 0.3) is 0 Å². The monoisotopic (exact) mass is 286 g/mol. The third kappa shape index (κ3) is 11.3. The van der Waals surface area contributed by atoms with Gasteiger partial charge < -0.3 is 10.2 Å². The summed E-state index contributed by atoms with van der Waals surface area (Å²) in [6.45, 7) is 8.37. The van der Waals surface area contributed by atoms with Crippen LogP contribution >= 0.6 is 0 Å². The molecule has 120 valence electrons. The van der Waals surface area contributed by atoms with E-state index in [9.17, 15) is 9.90 Å². The fourth-order valence-electron chi connectivity index (χ4n) is 2.48. The molecule has 0 saturated carbocycles. The number of aliphatic carboxylic acids is 1. The van der Waals surface area contributed by atoms with E-state index in [0.717, 1.165) is 32.1 Å². The second-order valence-corrected chi connectivity index (χ2v) is 6.82. The molecule has 0 aromatic rings. The van der Waals surface area contributed by atoms with Gasteiger partial charge >= 0.3 is 5.97 Å². The maximum atomic E-state index is 10.5. The Balaban J connectivity index is 3.58. The van der Waals surface area contributed by atoms with Crippen LogP contribution in [0.5, 0.6) is 0 Å². The molecule has 0 aliphatic carbocycles. The summed E-state index contributed by atoms with van der Waals surface area (Å²) in [6, 6.07) is 0. The molecule has 0 rings (SSSR count). The third-order valence-electron chi connectivity index (χ3n) is 4.42. The molecule has 0 aliphatic rings. The van der Waals surface area contributed by atoms with Crippen LogP contribution in [-0.2, 0) is 4.79 Å². The lowest BCUT2D eigenvalue weighted by molar-refractivity contribution is -0.137. The zero-order valence-corrected chi connectivity index (χ0v) is 13.8. The zero-order chi connectivity index (χ0) is 15.6. The van der Waals surface area contributed by atoms with Crippen LogP contribution in [-0.4, -0.2) is 21.8 Å². The van der Waals surface area contributed by atoms with Gasteiger partial charge in [-0.1, -0.05) is 52.9 Å². The van der Waals surface area contributed by atoms with E-state index in [2.05, 4.69) is 13.8 Å². The SMILES string of the molecule is CCC(C)(O)CCCC(C)CCCC(C)CCC(=O)O. The number of hydrogen-bond donors (Lipinski definition) is 2. The summed E-state index contributed by atoms with van der Waals surface area (Å²) in [5.41, 5.74) is -0.495. The van der Waals surface area contributed by atoms with E-state index in [4.69, 9.17) is 5.11 Å². The van der Waals surface area contributed by atoms with E-state index >= 15 is 0 Å². The van der Waals surface area contributed by atoms with Gasteiger partial charge in [-0.3, -0.25) is 4.79 Å². The van der Waals surface area contributed by atoms with Crippen molar-refractivity contribution in [2.24, 2.45) is 11.8 Å². The molecule has 0 aliphatic heterocycles. The van der Waals surface area contributed by atoms with Crippen molar-refractivity contribution >= 4 is 5.97 Å². The van der Waals surface area contributed by atoms with E-state index in [1.54, 1.807) is 0 Å². The first-order chi connectivity index (χ1) is 9.26. The summed E-state index contributed by atoms with van der Waals surface area (Å²) >= 11 is 0. The van der Waals surface area contributed by atoms with Crippen LogP contribution in [0.2, 0.25) is 0 Å².